The molecule has 0 aliphatic rings. The summed E-state index contributed by atoms with van der Waals surface area (Å²) >= 11 is 0. The van der Waals surface area contributed by atoms with Crippen LogP contribution in [0.1, 0.15) is 12.0 Å². The molecule has 0 aliphatic carbocycles. The average molecular weight is 449 g/mol. The Hall–Kier alpha value is -4.05. The third kappa shape index (κ3) is 5.24. The molecule has 10 heteroatoms. The predicted molar refractivity (Wildman–Crippen MR) is 123 cm³/mol. The van der Waals surface area contributed by atoms with Crippen molar-refractivity contribution in [2.24, 2.45) is 7.05 Å². The summed E-state index contributed by atoms with van der Waals surface area (Å²) in [5.41, 5.74) is 2.90. The molecule has 2 aromatic carbocycles. The Morgan fingerprint density at radius 2 is 1.91 bits per heavy atom. The number of hydrogen-bond acceptors (Lipinski definition) is 8. The van der Waals surface area contributed by atoms with Crippen molar-refractivity contribution >= 4 is 23.1 Å². The monoisotopic (exact) mass is 449 g/mol. The minimum Gasteiger partial charge on any atom is -0.494 e. The number of rotatable bonds is 9. The Kier molecular flexibility index (Phi) is 6.75. The molecule has 3 N–H and O–H groups in total. The van der Waals surface area contributed by atoms with Gasteiger partial charge in [-0.25, -0.2) is 14.4 Å². The van der Waals surface area contributed by atoms with Crippen molar-refractivity contribution in [3.05, 3.63) is 66.4 Å². The van der Waals surface area contributed by atoms with E-state index in [1.165, 1.54) is 12.1 Å². The van der Waals surface area contributed by atoms with Gasteiger partial charge in [-0.15, -0.1) is 0 Å². The summed E-state index contributed by atoms with van der Waals surface area (Å²) in [5, 5.41) is 20.1. The van der Waals surface area contributed by atoms with Crippen molar-refractivity contribution in [2.75, 3.05) is 24.4 Å². The molecule has 4 rings (SSSR count). The van der Waals surface area contributed by atoms with E-state index < -0.39 is 0 Å². The number of para-hydroxylation sites is 1. The lowest BCUT2D eigenvalue weighted by Crippen LogP contribution is -2.06. The number of ether oxygens (including phenoxy) is 1. The Labute approximate surface area is 190 Å². The molecule has 0 radical (unpaired) electrons. The van der Waals surface area contributed by atoms with E-state index in [-0.39, 0.29) is 12.4 Å². The number of aliphatic hydroxyl groups excluding tert-OH is 1. The third-order valence-electron chi connectivity index (χ3n) is 4.88. The first kappa shape index (κ1) is 22.2. The Balaban J connectivity index is 1.68. The summed E-state index contributed by atoms with van der Waals surface area (Å²) in [5.74, 6) is 1.70. The molecule has 0 fully saturated rings. The average Bonchev–Trinajstić information content (AvgIpc) is 3.26. The zero-order valence-corrected chi connectivity index (χ0v) is 18.3. The molecule has 0 amide bonds. The number of nitrogens with zero attached hydrogens (tertiary/aromatic N) is 5. The van der Waals surface area contributed by atoms with Gasteiger partial charge in [-0.3, -0.25) is 4.68 Å². The van der Waals surface area contributed by atoms with Crippen LogP contribution in [0.25, 0.3) is 11.4 Å². The van der Waals surface area contributed by atoms with E-state index >= 15 is 0 Å². The lowest BCUT2D eigenvalue weighted by atomic mass is 10.1. The van der Waals surface area contributed by atoms with E-state index in [0.29, 0.717) is 47.6 Å². The number of methoxy groups -OCH3 is 1. The highest BCUT2D eigenvalue weighted by atomic mass is 19.1. The lowest BCUT2D eigenvalue weighted by molar-refractivity contribution is 0.288. The van der Waals surface area contributed by atoms with Gasteiger partial charge in [0.2, 0.25) is 5.95 Å². The quantitative estimate of drug-likeness (QED) is 0.354. The molecule has 170 valence electrons. The van der Waals surface area contributed by atoms with Gasteiger partial charge in [0.05, 0.1) is 18.4 Å². The number of anilines is 4. The highest BCUT2D eigenvalue weighted by molar-refractivity contribution is 5.77. The number of aryl methyl sites for hydroxylation is 2. The van der Waals surface area contributed by atoms with E-state index in [0.717, 1.165) is 11.1 Å². The van der Waals surface area contributed by atoms with Gasteiger partial charge in [-0.1, -0.05) is 6.07 Å². The van der Waals surface area contributed by atoms with Crippen molar-refractivity contribution in [1.82, 2.24) is 24.7 Å². The molecule has 9 nitrogen and oxygen atoms in total. The van der Waals surface area contributed by atoms with Crippen LogP contribution in [0.5, 0.6) is 5.75 Å². The molecule has 0 bridgehead atoms. The van der Waals surface area contributed by atoms with Crippen LogP contribution in [0, 0.1) is 5.82 Å². The maximum absolute atomic E-state index is 13.2. The molecule has 0 spiro atoms. The first-order chi connectivity index (χ1) is 16.1. The topological polar surface area (TPSA) is 110 Å². The number of hydrogen-bond donors (Lipinski definition) is 3. The summed E-state index contributed by atoms with van der Waals surface area (Å²) in [6.45, 7) is 0.0547. The van der Waals surface area contributed by atoms with Gasteiger partial charge in [0.25, 0.3) is 0 Å². The predicted octanol–water partition coefficient (Wildman–Crippen LogP) is 3.83. The summed E-state index contributed by atoms with van der Waals surface area (Å²) in [7, 11) is 3.39. The SMILES string of the molecule is COc1c(Nc2nc(Nc3ccc(F)cc3)ncc2CCCO)cccc1-c1ncn(C)n1. The van der Waals surface area contributed by atoms with Crippen molar-refractivity contribution in [2.45, 2.75) is 12.8 Å². The Morgan fingerprint density at radius 3 is 2.61 bits per heavy atom. The fourth-order valence-electron chi connectivity index (χ4n) is 3.31. The molecular weight excluding hydrogens is 425 g/mol. The fraction of sp³-hybridized carbons (Fsp3) is 0.217. The van der Waals surface area contributed by atoms with E-state index in [1.54, 1.807) is 43.5 Å². The number of halogens is 1. The highest BCUT2D eigenvalue weighted by Crippen LogP contribution is 2.36. The summed E-state index contributed by atoms with van der Waals surface area (Å²) < 4.78 is 20.5. The largest absolute Gasteiger partial charge is 0.494 e. The Morgan fingerprint density at radius 1 is 1.09 bits per heavy atom. The summed E-state index contributed by atoms with van der Waals surface area (Å²) in [4.78, 5) is 13.3. The highest BCUT2D eigenvalue weighted by Gasteiger charge is 2.16. The van der Waals surface area contributed by atoms with E-state index in [2.05, 4.69) is 30.7 Å². The fourth-order valence-corrected chi connectivity index (χ4v) is 3.31. The molecule has 2 heterocycles. The second-order valence-corrected chi connectivity index (χ2v) is 7.28. The molecule has 4 aromatic rings. The second-order valence-electron chi connectivity index (χ2n) is 7.28. The van der Waals surface area contributed by atoms with E-state index in [1.807, 2.05) is 18.2 Å². The van der Waals surface area contributed by atoms with Crippen molar-refractivity contribution in [1.29, 1.82) is 0 Å². The normalized spacial score (nSPS) is 10.8. The standard InChI is InChI=1S/C23H24FN7O2/c1-31-14-26-22(30-31)18-6-3-7-19(20(18)33-2)28-21-15(5-4-12-32)13-25-23(29-21)27-17-10-8-16(24)9-11-17/h3,6-11,13-14,32H,4-5,12H2,1-2H3,(H2,25,27,28,29). The first-order valence-electron chi connectivity index (χ1n) is 10.4. The molecule has 0 unspecified atom stereocenters. The van der Waals surface area contributed by atoms with Crippen molar-refractivity contribution in [3.63, 3.8) is 0 Å². The zero-order valence-electron chi connectivity index (χ0n) is 18.3. The third-order valence-corrected chi connectivity index (χ3v) is 4.88. The minimum atomic E-state index is -0.322. The van der Waals surface area contributed by atoms with Crippen LogP contribution in [-0.2, 0) is 13.5 Å². The zero-order chi connectivity index (χ0) is 23.2. The number of aromatic nitrogens is 5. The molecule has 0 atom stereocenters. The smallest absolute Gasteiger partial charge is 0.229 e. The number of nitrogens with one attached hydrogen (secondary N) is 2. The molecule has 33 heavy (non-hydrogen) atoms. The van der Waals surface area contributed by atoms with Crippen LogP contribution in [-0.4, -0.2) is 43.6 Å². The van der Waals surface area contributed by atoms with Crippen LogP contribution in [0.15, 0.2) is 55.0 Å². The van der Waals surface area contributed by atoms with Gasteiger partial charge in [0.15, 0.2) is 11.6 Å². The molecular formula is C23H24FN7O2. The minimum absolute atomic E-state index is 0.0547. The molecule has 0 aliphatic heterocycles. The number of benzene rings is 2. The maximum Gasteiger partial charge on any atom is 0.229 e. The van der Waals surface area contributed by atoms with Crippen molar-refractivity contribution in [3.8, 4) is 17.1 Å². The molecule has 0 saturated carbocycles. The van der Waals surface area contributed by atoms with Crippen LogP contribution in [0.2, 0.25) is 0 Å². The van der Waals surface area contributed by atoms with Gasteiger partial charge >= 0.3 is 0 Å². The molecule has 2 aromatic heterocycles. The van der Waals surface area contributed by atoms with Crippen LogP contribution in [0.3, 0.4) is 0 Å². The van der Waals surface area contributed by atoms with Gasteiger partial charge in [-0.2, -0.15) is 10.1 Å². The maximum atomic E-state index is 13.2. The van der Waals surface area contributed by atoms with Gasteiger partial charge in [0, 0.05) is 31.1 Å². The van der Waals surface area contributed by atoms with Crippen LogP contribution in [0.4, 0.5) is 27.5 Å². The van der Waals surface area contributed by atoms with Crippen molar-refractivity contribution < 1.29 is 14.2 Å². The van der Waals surface area contributed by atoms with E-state index in [4.69, 9.17) is 4.74 Å². The van der Waals surface area contributed by atoms with Gasteiger partial charge < -0.3 is 20.5 Å². The van der Waals surface area contributed by atoms with Gasteiger partial charge in [-0.05, 0) is 49.2 Å². The van der Waals surface area contributed by atoms with Crippen LogP contribution < -0.4 is 15.4 Å². The van der Waals surface area contributed by atoms with Crippen LogP contribution >= 0.6 is 0 Å². The summed E-state index contributed by atoms with van der Waals surface area (Å²) in [6, 6.07) is 11.6. The molecule has 0 saturated heterocycles. The second kappa shape index (κ2) is 10.0. The summed E-state index contributed by atoms with van der Waals surface area (Å²) in [6.07, 6.45) is 4.48. The Bertz CT molecular complexity index is 1230. The van der Waals surface area contributed by atoms with Gasteiger partial charge in [0.1, 0.15) is 18.0 Å². The number of aliphatic hydroxyl groups is 1. The lowest BCUT2D eigenvalue weighted by Gasteiger charge is -2.16. The first-order valence-corrected chi connectivity index (χ1v) is 10.4. The van der Waals surface area contributed by atoms with E-state index in [9.17, 15) is 9.50 Å².